The van der Waals surface area contributed by atoms with Crippen molar-refractivity contribution in [3.63, 3.8) is 0 Å². The van der Waals surface area contributed by atoms with Crippen molar-refractivity contribution in [2.24, 2.45) is 11.8 Å². The Morgan fingerprint density at radius 1 is 1.08 bits per heavy atom. The highest BCUT2D eigenvalue weighted by Crippen LogP contribution is 2.43. The fourth-order valence-corrected chi connectivity index (χ4v) is 5.23. The maximum atomic E-state index is 6.44. The Bertz CT molecular complexity index is 707. The molecule has 0 aromatic heterocycles. The molecule has 4 rings (SSSR count). The Kier molecular flexibility index (Phi) is 4.98. The van der Waals surface area contributed by atoms with E-state index in [0.717, 1.165) is 30.4 Å². The molecule has 0 spiro atoms. The summed E-state index contributed by atoms with van der Waals surface area (Å²) in [5.41, 5.74) is 0. The van der Waals surface area contributed by atoms with Gasteiger partial charge in [-0.05, 0) is 50.1 Å². The number of hydrogen-bond donors (Lipinski definition) is 0. The zero-order valence-corrected chi connectivity index (χ0v) is 15.7. The van der Waals surface area contributed by atoms with Crippen molar-refractivity contribution in [3.8, 4) is 5.75 Å². The first kappa shape index (κ1) is 16.9. The molecule has 0 amide bonds. The fraction of sp³-hybridized carbons (Fsp3) is 0.565. The number of fused-ring (bicyclic) bond motifs is 3. The highest BCUT2D eigenvalue weighted by molar-refractivity contribution is 5.88. The summed E-state index contributed by atoms with van der Waals surface area (Å²) in [5.74, 6) is 2.56. The summed E-state index contributed by atoms with van der Waals surface area (Å²) in [7, 11) is 2.34. The summed E-state index contributed by atoms with van der Waals surface area (Å²) in [6.07, 6.45) is 8.15. The molecule has 2 aromatic carbocycles. The minimum atomic E-state index is 0.675. The van der Waals surface area contributed by atoms with Gasteiger partial charge in [0.2, 0.25) is 0 Å². The molecule has 25 heavy (non-hydrogen) atoms. The van der Waals surface area contributed by atoms with E-state index in [-0.39, 0.29) is 0 Å². The summed E-state index contributed by atoms with van der Waals surface area (Å²) < 4.78 is 6.44. The van der Waals surface area contributed by atoms with Crippen LogP contribution in [-0.4, -0.2) is 30.6 Å². The molecular formula is C23H31NO. The van der Waals surface area contributed by atoms with Gasteiger partial charge in [0.05, 0.1) is 6.61 Å². The van der Waals surface area contributed by atoms with Gasteiger partial charge in [0.25, 0.3) is 0 Å². The van der Waals surface area contributed by atoms with E-state index >= 15 is 0 Å². The van der Waals surface area contributed by atoms with Crippen LogP contribution in [0.15, 0.2) is 42.5 Å². The molecule has 2 nitrogen and oxygen atoms in total. The fourth-order valence-electron chi connectivity index (χ4n) is 5.23. The monoisotopic (exact) mass is 337 g/mol. The molecule has 134 valence electrons. The lowest BCUT2D eigenvalue weighted by atomic mass is 9.78. The molecule has 0 saturated carbocycles. The van der Waals surface area contributed by atoms with Gasteiger partial charge in [-0.25, -0.2) is 0 Å². The molecule has 2 heterocycles. The van der Waals surface area contributed by atoms with Crippen LogP contribution < -0.4 is 4.74 Å². The Morgan fingerprint density at radius 3 is 2.80 bits per heavy atom. The minimum absolute atomic E-state index is 0.675. The van der Waals surface area contributed by atoms with Crippen molar-refractivity contribution in [3.05, 3.63) is 42.5 Å². The van der Waals surface area contributed by atoms with Gasteiger partial charge < -0.3 is 9.64 Å². The van der Waals surface area contributed by atoms with E-state index in [1.54, 1.807) is 0 Å². The van der Waals surface area contributed by atoms with Crippen LogP contribution >= 0.6 is 0 Å². The molecule has 0 radical (unpaired) electrons. The Hall–Kier alpha value is -1.54. The van der Waals surface area contributed by atoms with E-state index < -0.39 is 0 Å². The van der Waals surface area contributed by atoms with E-state index in [1.165, 1.54) is 49.3 Å². The summed E-state index contributed by atoms with van der Waals surface area (Å²) in [6, 6.07) is 16.5. The molecular weight excluding hydrogens is 306 g/mol. The van der Waals surface area contributed by atoms with Gasteiger partial charge in [-0.15, -0.1) is 0 Å². The zero-order chi connectivity index (χ0) is 17.2. The molecule has 2 bridgehead atoms. The van der Waals surface area contributed by atoms with Crippen molar-refractivity contribution in [1.29, 1.82) is 0 Å². The number of rotatable bonds is 6. The van der Waals surface area contributed by atoms with Gasteiger partial charge in [-0.2, -0.15) is 0 Å². The van der Waals surface area contributed by atoms with Crippen LogP contribution in [0.1, 0.15) is 45.4 Å². The van der Waals surface area contributed by atoms with Crippen LogP contribution in [0.3, 0.4) is 0 Å². The third-order valence-electron chi connectivity index (χ3n) is 6.68. The predicted molar refractivity (Wildman–Crippen MR) is 105 cm³/mol. The smallest absolute Gasteiger partial charge is 0.127 e. The largest absolute Gasteiger partial charge is 0.493 e. The van der Waals surface area contributed by atoms with Crippen molar-refractivity contribution < 1.29 is 4.74 Å². The normalized spacial score (nSPS) is 29.2. The average molecular weight is 338 g/mol. The first-order valence-corrected chi connectivity index (χ1v) is 10.1. The summed E-state index contributed by atoms with van der Waals surface area (Å²) >= 11 is 0. The van der Waals surface area contributed by atoms with E-state index in [1.807, 2.05) is 0 Å². The number of piperidine rings is 1. The second-order valence-electron chi connectivity index (χ2n) is 8.05. The van der Waals surface area contributed by atoms with Crippen molar-refractivity contribution in [2.45, 2.75) is 57.5 Å². The summed E-state index contributed by atoms with van der Waals surface area (Å²) in [5, 5.41) is 2.51. The Morgan fingerprint density at radius 2 is 1.92 bits per heavy atom. The number of nitrogens with zero attached hydrogens (tertiary/aromatic N) is 1. The maximum Gasteiger partial charge on any atom is 0.127 e. The van der Waals surface area contributed by atoms with Gasteiger partial charge in [-0.1, -0.05) is 56.2 Å². The second-order valence-corrected chi connectivity index (χ2v) is 8.05. The molecule has 2 aromatic rings. The standard InChI is InChI=1S/C23H31NO/c1-3-4-8-18-15-19-13-14-22(24(19)2)21(18)16-25-23-12-7-10-17-9-5-6-11-20(17)23/h5-7,9-12,18-19,21-22H,3-4,8,13-16H2,1-2H3/t18-,19?,21+,22?/m1/s1. The van der Waals surface area contributed by atoms with Crippen molar-refractivity contribution in [2.75, 3.05) is 13.7 Å². The average Bonchev–Trinajstić information content (AvgIpc) is 2.89. The molecule has 2 aliphatic heterocycles. The highest BCUT2D eigenvalue weighted by Gasteiger charge is 2.45. The van der Waals surface area contributed by atoms with E-state index in [2.05, 4.69) is 61.3 Å². The molecule has 0 aliphatic carbocycles. The van der Waals surface area contributed by atoms with Crippen LogP contribution in [0.2, 0.25) is 0 Å². The lowest BCUT2D eigenvalue weighted by Gasteiger charge is -2.43. The SMILES string of the molecule is CCCC[C@@H]1CC2CCC([C@H]1COc1cccc3ccccc13)N2C. The molecule has 2 fully saturated rings. The van der Waals surface area contributed by atoms with Crippen LogP contribution in [0.5, 0.6) is 5.75 Å². The van der Waals surface area contributed by atoms with E-state index in [4.69, 9.17) is 4.74 Å². The molecule has 2 saturated heterocycles. The van der Waals surface area contributed by atoms with Crippen molar-refractivity contribution in [1.82, 2.24) is 4.90 Å². The molecule has 2 aliphatic rings. The molecule has 4 atom stereocenters. The lowest BCUT2D eigenvalue weighted by molar-refractivity contribution is 0.0335. The van der Waals surface area contributed by atoms with E-state index in [9.17, 15) is 0 Å². The third-order valence-corrected chi connectivity index (χ3v) is 6.68. The summed E-state index contributed by atoms with van der Waals surface area (Å²) in [6.45, 7) is 3.18. The quantitative estimate of drug-likeness (QED) is 0.689. The van der Waals surface area contributed by atoms with Gasteiger partial charge in [0.1, 0.15) is 5.75 Å². The highest BCUT2D eigenvalue weighted by atomic mass is 16.5. The molecule has 2 heteroatoms. The van der Waals surface area contributed by atoms with Crippen LogP contribution in [-0.2, 0) is 0 Å². The van der Waals surface area contributed by atoms with Gasteiger partial charge in [-0.3, -0.25) is 0 Å². The number of ether oxygens (including phenoxy) is 1. The molecule has 0 N–H and O–H groups in total. The third kappa shape index (κ3) is 3.29. The van der Waals surface area contributed by atoms with E-state index in [0.29, 0.717) is 5.92 Å². The van der Waals surface area contributed by atoms with Gasteiger partial charge in [0.15, 0.2) is 0 Å². The van der Waals surface area contributed by atoms with Crippen LogP contribution in [0.4, 0.5) is 0 Å². The number of benzene rings is 2. The summed E-state index contributed by atoms with van der Waals surface area (Å²) in [4.78, 5) is 2.65. The predicted octanol–water partition coefficient (Wildman–Crippen LogP) is 5.51. The van der Waals surface area contributed by atoms with Crippen LogP contribution in [0.25, 0.3) is 10.8 Å². The zero-order valence-electron chi connectivity index (χ0n) is 15.7. The Labute approximate surface area is 152 Å². The van der Waals surface area contributed by atoms with Crippen LogP contribution in [0, 0.1) is 11.8 Å². The van der Waals surface area contributed by atoms with Gasteiger partial charge in [0, 0.05) is 23.4 Å². The number of hydrogen-bond acceptors (Lipinski definition) is 2. The first-order chi connectivity index (χ1) is 12.3. The maximum absolute atomic E-state index is 6.44. The second kappa shape index (κ2) is 7.37. The van der Waals surface area contributed by atoms with Gasteiger partial charge >= 0.3 is 0 Å². The number of unbranched alkanes of at least 4 members (excludes halogenated alkanes) is 1. The van der Waals surface area contributed by atoms with Crippen molar-refractivity contribution >= 4 is 10.8 Å². The topological polar surface area (TPSA) is 12.5 Å². The first-order valence-electron chi connectivity index (χ1n) is 10.1. The minimum Gasteiger partial charge on any atom is -0.493 e. The Balaban J connectivity index is 1.52. The lowest BCUT2D eigenvalue weighted by Crippen LogP contribution is -2.48. The molecule has 2 unspecified atom stereocenters.